The number of hydrogen-bond acceptors (Lipinski definition) is 3. The van der Waals surface area contributed by atoms with Gasteiger partial charge in [-0.3, -0.25) is 9.78 Å². The number of aromatic nitrogens is 1. The highest BCUT2D eigenvalue weighted by Crippen LogP contribution is 2.28. The average molecular weight is 386 g/mol. The molecule has 2 heterocycles. The highest BCUT2D eigenvalue weighted by Gasteiger charge is 2.24. The topological polar surface area (TPSA) is 54.0 Å². The van der Waals surface area contributed by atoms with Crippen molar-refractivity contribution in [2.24, 2.45) is 5.92 Å². The molecule has 1 aliphatic heterocycles. The first-order valence-electron chi connectivity index (χ1n) is 10.3. The Hall–Kier alpha value is -2.98. The van der Waals surface area contributed by atoms with E-state index in [1.807, 2.05) is 49.5 Å². The van der Waals surface area contributed by atoms with Crippen LogP contribution in [0.5, 0.6) is 0 Å². The third-order valence-electron chi connectivity index (χ3n) is 5.59. The Bertz CT molecular complexity index is 953. The number of piperidine rings is 1. The SMILES string of the molecule is Cc1cc(-c2ccc(NC(=O)C[C@@H]3CNC[C@H](c4ccccc4)C3)cc2)ccn1. The van der Waals surface area contributed by atoms with E-state index in [9.17, 15) is 4.79 Å². The Morgan fingerprint density at radius 3 is 2.59 bits per heavy atom. The zero-order valence-corrected chi connectivity index (χ0v) is 16.8. The van der Waals surface area contributed by atoms with Crippen molar-refractivity contribution >= 4 is 11.6 Å². The summed E-state index contributed by atoms with van der Waals surface area (Å²) in [5, 5.41) is 6.55. The van der Waals surface area contributed by atoms with Crippen LogP contribution in [0.2, 0.25) is 0 Å². The summed E-state index contributed by atoms with van der Waals surface area (Å²) in [5.41, 5.74) is 5.45. The third kappa shape index (κ3) is 5.09. The summed E-state index contributed by atoms with van der Waals surface area (Å²) in [4.78, 5) is 16.8. The molecule has 1 amide bonds. The second-order valence-corrected chi connectivity index (χ2v) is 7.88. The van der Waals surface area contributed by atoms with Gasteiger partial charge < -0.3 is 10.6 Å². The van der Waals surface area contributed by atoms with Gasteiger partial charge in [-0.25, -0.2) is 0 Å². The van der Waals surface area contributed by atoms with E-state index in [0.717, 1.165) is 42.0 Å². The summed E-state index contributed by atoms with van der Waals surface area (Å²) in [6.07, 6.45) is 3.41. The predicted molar refractivity (Wildman–Crippen MR) is 118 cm³/mol. The first-order valence-corrected chi connectivity index (χ1v) is 10.3. The number of anilines is 1. The molecule has 1 fully saturated rings. The van der Waals surface area contributed by atoms with Crippen molar-refractivity contribution in [2.45, 2.75) is 25.7 Å². The maximum atomic E-state index is 12.6. The van der Waals surface area contributed by atoms with Gasteiger partial charge in [-0.05, 0) is 72.7 Å². The van der Waals surface area contributed by atoms with Crippen LogP contribution in [-0.2, 0) is 4.79 Å². The third-order valence-corrected chi connectivity index (χ3v) is 5.59. The fourth-order valence-corrected chi connectivity index (χ4v) is 4.11. The first kappa shape index (κ1) is 19.3. The standard InChI is InChI=1S/C25H27N3O/c1-18-13-22(11-12-27-18)21-7-9-24(10-8-21)28-25(29)15-19-14-23(17-26-16-19)20-5-3-2-4-6-20/h2-13,19,23,26H,14-17H2,1H3,(H,28,29)/t19-,23-/m1/s1. The van der Waals surface area contributed by atoms with Crippen LogP contribution in [0, 0.1) is 12.8 Å². The van der Waals surface area contributed by atoms with Crippen LogP contribution in [0.1, 0.15) is 30.0 Å². The van der Waals surface area contributed by atoms with E-state index in [0.29, 0.717) is 18.3 Å². The Balaban J connectivity index is 1.33. The molecule has 148 valence electrons. The summed E-state index contributed by atoms with van der Waals surface area (Å²) >= 11 is 0. The maximum absolute atomic E-state index is 12.6. The number of benzene rings is 2. The van der Waals surface area contributed by atoms with Crippen molar-refractivity contribution in [2.75, 3.05) is 18.4 Å². The molecule has 0 bridgehead atoms. The molecule has 3 aromatic rings. The van der Waals surface area contributed by atoms with Crippen LogP contribution >= 0.6 is 0 Å². The van der Waals surface area contributed by atoms with Crippen LogP contribution in [-0.4, -0.2) is 24.0 Å². The quantitative estimate of drug-likeness (QED) is 0.665. The van der Waals surface area contributed by atoms with Gasteiger partial charge in [0.05, 0.1) is 0 Å². The van der Waals surface area contributed by atoms with Crippen LogP contribution in [0.3, 0.4) is 0 Å². The lowest BCUT2D eigenvalue weighted by Gasteiger charge is -2.30. The Morgan fingerprint density at radius 1 is 1.03 bits per heavy atom. The fourth-order valence-electron chi connectivity index (χ4n) is 4.11. The van der Waals surface area contributed by atoms with Gasteiger partial charge in [0.25, 0.3) is 0 Å². The first-order chi connectivity index (χ1) is 14.2. The number of amides is 1. The van der Waals surface area contributed by atoms with Gasteiger partial charge in [-0.1, -0.05) is 42.5 Å². The number of hydrogen-bond donors (Lipinski definition) is 2. The minimum atomic E-state index is 0.0815. The lowest BCUT2D eigenvalue weighted by Crippen LogP contribution is -2.36. The van der Waals surface area contributed by atoms with Crippen LogP contribution in [0.4, 0.5) is 5.69 Å². The molecule has 2 aromatic carbocycles. The highest BCUT2D eigenvalue weighted by atomic mass is 16.1. The summed E-state index contributed by atoms with van der Waals surface area (Å²) in [6.45, 7) is 3.87. The molecule has 2 atom stereocenters. The van der Waals surface area contributed by atoms with E-state index in [1.165, 1.54) is 5.56 Å². The van der Waals surface area contributed by atoms with E-state index < -0.39 is 0 Å². The molecule has 0 saturated carbocycles. The minimum Gasteiger partial charge on any atom is -0.326 e. The van der Waals surface area contributed by atoms with Gasteiger partial charge in [0.2, 0.25) is 5.91 Å². The lowest BCUT2D eigenvalue weighted by atomic mass is 9.84. The fraction of sp³-hybridized carbons (Fsp3) is 0.280. The second kappa shape index (κ2) is 9.01. The summed E-state index contributed by atoms with van der Waals surface area (Å²) in [7, 11) is 0. The molecule has 1 saturated heterocycles. The number of aryl methyl sites for hydroxylation is 1. The molecule has 4 heteroatoms. The number of rotatable bonds is 5. The van der Waals surface area contributed by atoms with Crippen molar-refractivity contribution < 1.29 is 4.79 Å². The van der Waals surface area contributed by atoms with Crippen molar-refractivity contribution in [1.29, 1.82) is 0 Å². The normalized spacial score (nSPS) is 18.9. The van der Waals surface area contributed by atoms with Gasteiger partial charge >= 0.3 is 0 Å². The molecular formula is C25H27N3O. The number of nitrogens with one attached hydrogen (secondary N) is 2. The Kier molecular flexibility index (Phi) is 6.01. The van der Waals surface area contributed by atoms with Gasteiger partial charge in [0.15, 0.2) is 0 Å². The van der Waals surface area contributed by atoms with Crippen molar-refractivity contribution in [3.63, 3.8) is 0 Å². The molecule has 0 aliphatic carbocycles. The van der Waals surface area contributed by atoms with Crippen LogP contribution in [0.15, 0.2) is 72.9 Å². The smallest absolute Gasteiger partial charge is 0.224 e. The van der Waals surface area contributed by atoms with Gasteiger partial charge in [-0.15, -0.1) is 0 Å². The summed E-state index contributed by atoms with van der Waals surface area (Å²) < 4.78 is 0. The average Bonchev–Trinajstić information content (AvgIpc) is 2.75. The molecule has 4 rings (SSSR count). The maximum Gasteiger partial charge on any atom is 0.224 e. The highest BCUT2D eigenvalue weighted by molar-refractivity contribution is 5.91. The number of carbonyl (C=O) groups excluding carboxylic acids is 1. The predicted octanol–water partition coefficient (Wildman–Crippen LogP) is 4.78. The minimum absolute atomic E-state index is 0.0815. The lowest BCUT2D eigenvalue weighted by molar-refractivity contribution is -0.117. The molecule has 29 heavy (non-hydrogen) atoms. The van der Waals surface area contributed by atoms with Crippen molar-refractivity contribution in [3.8, 4) is 11.1 Å². The van der Waals surface area contributed by atoms with E-state index in [-0.39, 0.29) is 5.91 Å². The molecule has 1 aromatic heterocycles. The van der Waals surface area contributed by atoms with E-state index in [1.54, 1.807) is 0 Å². The van der Waals surface area contributed by atoms with E-state index >= 15 is 0 Å². The Morgan fingerprint density at radius 2 is 1.83 bits per heavy atom. The number of pyridine rings is 1. The van der Waals surface area contributed by atoms with Gasteiger partial charge in [-0.2, -0.15) is 0 Å². The number of nitrogens with zero attached hydrogens (tertiary/aromatic N) is 1. The second-order valence-electron chi connectivity index (χ2n) is 7.88. The zero-order chi connectivity index (χ0) is 20.1. The molecular weight excluding hydrogens is 358 g/mol. The molecule has 0 radical (unpaired) electrons. The summed E-state index contributed by atoms with van der Waals surface area (Å²) in [6, 6.07) is 22.7. The van der Waals surface area contributed by atoms with Gasteiger partial charge in [0, 0.05) is 30.5 Å². The largest absolute Gasteiger partial charge is 0.326 e. The molecule has 2 N–H and O–H groups in total. The van der Waals surface area contributed by atoms with Crippen molar-refractivity contribution in [1.82, 2.24) is 10.3 Å². The molecule has 0 unspecified atom stereocenters. The van der Waals surface area contributed by atoms with Crippen LogP contribution < -0.4 is 10.6 Å². The summed E-state index contributed by atoms with van der Waals surface area (Å²) in [5.74, 6) is 0.914. The number of carbonyl (C=O) groups is 1. The molecule has 4 nitrogen and oxygen atoms in total. The Labute approximate surface area is 172 Å². The zero-order valence-electron chi connectivity index (χ0n) is 16.8. The van der Waals surface area contributed by atoms with Crippen molar-refractivity contribution in [3.05, 3.63) is 84.2 Å². The van der Waals surface area contributed by atoms with Crippen LogP contribution in [0.25, 0.3) is 11.1 Å². The van der Waals surface area contributed by atoms with E-state index in [2.05, 4.69) is 45.9 Å². The van der Waals surface area contributed by atoms with Gasteiger partial charge in [0.1, 0.15) is 0 Å². The van der Waals surface area contributed by atoms with E-state index in [4.69, 9.17) is 0 Å². The molecule has 0 spiro atoms. The molecule has 1 aliphatic rings. The monoisotopic (exact) mass is 385 g/mol.